The van der Waals surface area contributed by atoms with Crippen LogP contribution in [0.4, 0.5) is 18.9 Å². The molecule has 0 aliphatic heterocycles. The van der Waals surface area contributed by atoms with Crippen molar-refractivity contribution in [3.63, 3.8) is 0 Å². The second kappa shape index (κ2) is 5.71. The molecule has 0 aliphatic carbocycles. The Morgan fingerprint density at radius 3 is 2.65 bits per heavy atom. The van der Waals surface area contributed by atoms with Crippen molar-refractivity contribution in [1.29, 1.82) is 0 Å². The van der Waals surface area contributed by atoms with Gasteiger partial charge in [-0.3, -0.25) is 4.98 Å². The predicted molar refractivity (Wildman–Crippen MR) is 72.8 cm³/mol. The Hall–Kier alpha value is -1.75. The van der Waals surface area contributed by atoms with Crippen LogP contribution in [0.1, 0.15) is 16.7 Å². The molecule has 2 nitrogen and oxygen atoms in total. The summed E-state index contributed by atoms with van der Waals surface area (Å²) in [6, 6.07) is 5.51. The van der Waals surface area contributed by atoms with Crippen LogP contribution in [0.25, 0.3) is 0 Å². The highest BCUT2D eigenvalue weighted by Gasteiger charge is 2.34. The van der Waals surface area contributed by atoms with Gasteiger partial charge in [-0.15, -0.1) is 0 Å². The number of benzene rings is 1. The van der Waals surface area contributed by atoms with Gasteiger partial charge in [0.2, 0.25) is 0 Å². The normalized spacial score (nSPS) is 11.4. The van der Waals surface area contributed by atoms with E-state index in [9.17, 15) is 13.2 Å². The molecule has 0 aliphatic rings. The third kappa shape index (κ3) is 3.22. The minimum Gasteiger partial charge on any atom is -0.379 e. The maximum Gasteiger partial charge on any atom is 0.418 e. The molecule has 0 fully saturated rings. The third-order valence-corrected chi connectivity index (χ3v) is 3.24. The van der Waals surface area contributed by atoms with E-state index in [0.717, 1.165) is 17.2 Å². The molecule has 0 spiro atoms. The molecule has 1 aromatic carbocycles. The molecule has 1 N–H and O–H groups in total. The van der Waals surface area contributed by atoms with Crippen molar-refractivity contribution in [2.24, 2.45) is 0 Å². The zero-order valence-electron chi connectivity index (χ0n) is 10.6. The second-order valence-corrected chi connectivity index (χ2v) is 4.72. The number of pyridine rings is 1. The van der Waals surface area contributed by atoms with E-state index in [1.54, 1.807) is 18.5 Å². The van der Waals surface area contributed by atoms with Gasteiger partial charge < -0.3 is 5.32 Å². The van der Waals surface area contributed by atoms with Crippen molar-refractivity contribution in [2.75, 3.05) is 5.32 Å². The van der Waals surface area contributed by atoms with Gasteiger partial charge in [0.25, 0.3) is 0 Å². The summed E-state index contributed by atoms with van der Waals surface area (Å²) in [6.07, 6.45) is -1.20. The number of nitrogens with one attached hydrogen (secondary N) is 1. The largest absolute Gasteiger partial charge is 0.418 e. The van der Waals surface area contributed by atoms with Gasteiger partial charge in [-0.05, 0) is 36.2 Å². The van der Waals surface area contributed by atoms with Gasteiger partial charge in [0.05, 0.1) is 16.3 Å². The molecule has 6 heteroatoms. The zero-order chi connectivity index (χ0) is 14.8. The van der Waals surface area contributed by atoms with Crippen LogP contribution in [0.5, 0.6) is 0 Å². The minimum absolute atomic E-state index is 0.0429. The van der Waals surface area contributed by atoms with Crippen LogP contribution >= 0.6 is 11.6 Å². The minimum atomic E-state index is -4.45. The molecule has 0 saturated carbocycles. The summed E-state index contributed by atoms with van der Waals surface area (Å²) in [5.41, 5.74) is 0.894. The number of anilines is 1. The van der Waals surface area contributed by atoms with Crippen LogP contribution in [-0.4, -0.2) is 4.98 Å². The van der Waals surface area contributed by atoms with Gasteiger partial charge in [0.15, 0.2) is 0 Å². The number of hydrogen-bond donors (Lipinski definition) is 1. The highest BCUT2D eigenvalue weighted by Crippen LogP contribution is 2.38. The summed E-state index contributed by atoms with van der Waals surface area (Å²) in [6.45, 7) is 2.10. The lowest BCUT2D eigenvalue weighted by Crippen LogP contribution is -2.11. The van der Waals surface area contributed by atoms with E-state index < -0.39 is 11.7 Å². The molecule has 1 aromatic heterocycles. The molecule has 2 aromatic rings. The fourth-order valence-corrected chi connectivity index (χ4v) is 2.05. The topological polar surface area (TPSA) is 24.9 Å². The van der Waals surface area contributed by atoms with Gasteiger partial charge in [-0.2, -0.15) is 13.2 Å². The molecule has 0 bridgehead atoms. The van der Waals surface area contributed by atoms with Gasteiger partial charge in [-0.1, -0.05) is 17.7 Å². The Kier molecular flexibility index (Phi) is 4.18. The van der Waals surface area contributed by atoms with E-state index in [1.807, 2.05) is 6.92 Å². The molecule has 0 radical (unpaired) electrons. The number of aryl methyl sites for hydroxylation is 1. The zero-order valence-corrected chi connectivity index (χ0v) is 11.4. The summed E-state index contributed by atoms with van der Waals surface area (Å²) < 4.78 is 38.8. The van der Waals surface area contributed by atoms with Crippen molar-refractivity contribution >= 4 is 17.3 Å². The third-order valence-electron chi connectivity index (χ3n) is 2.92. The van der Waals surface area contributed by atoms with Crippen molar-refractivity contribution in [2.45, 2.75) is 19.6 Å². The maximum atomic E-state index is 12.9. The molecular weight excluding hydrogens is 289 g/mol. The number of aromatic nitrogens is 1. The first-order valence-corrected chi connectivity index (χ1v) is 6.26. The van der Waals surface area contributed by atoms with Crippen LogP contribution in [0.3, 0.4) is 0 Å². The standard InChI is InChI=1S/C14H12ClF3N2/c1-9-5-6-19-7-10(9)8-20-13-11(14(16,17)18)3-2-4-12(13)15/h2-7,20H,8H2,1H3. The first-order chi connectivity index (χ1) is 9.39. The molecule has 0 amide bonds. The number of hydrogen-bond acceptors (Lipinski definition) is 2. The summed E-state index contributed by atoms with van der Waals surface area (Å²) in [7, 11) is 0. The first kappa shape index (κ1) is 14.7. The van der Waals surface area contributed by atoms with Gasteiger partial charge in [-0.25, -0.2) is 0 Å². The smallest absolute Gasteiger partial charge is 0.379 e. The van der Waals surface area contributed by atoms with E-state index in [-0.39, 0.29) is 17.3 Å². The highest BCUT2D eigenvalue weighted by atomic mass is 35.5. The van der Waals surface area contributed by atoms with E-state index >= 15 is 0 Å². The maximum absolute atomic E-state index is 12.9. The number of para-hydroxylation sites is 1. The van der Waals surface area contributed by atoms with Crippen LogP contribution in [0.2, 0.25) is 5.02 Å². The molecule has 106 valence electrons. The molecule has 0 unspecified atom stereocenters. The van der Waals surface area contributed by atoms with Gasteiger partial charge >= 0.3 is 6.18 Å². The Morgan fingerprint density at radius 2 is 2.00 bits per heavy atom. The summed E-state index contributed by atoms with van der Waals surface area (Å²) >= 11 is 5.86. The summed E-state index contributed by atoms with van der Waals surface area (Å²) in [5, 5.41) is 2.80. The average molecular weight is 301 g/mol. The number of alkyl halides is 3. The lowest BCUT2D eigenvalue weighted by molar-refractivity contribution is -0.136. The second-order valence-electron chi connectivity index (χ2n) is 4.32. The van der Waals surface area contributed by atoms with Crippen molar-refractivity contribution in [3.05, 3.63) is 58.4 Å². The van der Waals surface area contributed by atoms with Crippen molar-refractivity contribution < 1.29 is 13.2 Å². The SMILES string of the molecule is Cc1ccncc1CNc1c(Cl)cccc1C(F)(F)F. The first-order valence-electron chi connectivity index (χ1n) is 5.88. The number of nitrogens with zero attached hydrogens (tertiary/aromatic N) is 1. The molecule has 2 rings (SSSR count). The lowest BCUT2D eigenvalue weighted by Gasteiger charge is -2.16. The van der Waals surface area contributed by atoms with Crippen LogP contribution in [0, 0.1) is 6.92 Å². The average Bonchev–Trinajstić information content (AvgIpc) is 2.37. The molecule has 1 heterocycles. The Labute approximate surface area is 119 Å². The fourth-order valence-electron chi connectivity index (χ4n) is 1.81. The monoisotopic (exact) mass is 300 g/mol. The van der Waals surface area contributed by atoms with E-state index in [4.69, 9.17) is 11.6 Å². The van der Waals surface area contributed by atoms with Crippen LogP contribution < -0.4 is 5.32 Å². The molecule has 0 saturated heterocycles. The van der Waals surface area contributed by atoms with E-state index in [2.05, 4.69) is 10.3 Å². The molecular formula is C14H12ClF3N2. The van der Waals surface area contributed by atoms with Gasteiger partial charge in [0.1, 0.15) is 0 Å². The molecule has 20 heavy (non-hydrogen) atoms. The Bertz CT molecular complexity index is 612. The quantitative estimate of drug-likeness (QED) is 0.890. The molecule has 0 atom stereocenters. The fraction of sp³-hybridized carbons (Fsp3) is 0.214. The van der Waals surface area contributed by atoms with Crippen LogP contribution in [-0.2, 0) is 12.7 Å². The van der Waals surface area contributed by atoms with E-state index in [1.165, 1.54) is 12.1 Å². The van der Waals surface area contributed by atoms with E-state index in [0.29, 0.717) is 0 Å². The number of halogens is 4. The summed E-state index contributed by atoms with van der Waals surface area (Å²) in [4.78, 5) is 3.96. The van der Waals surface area contributed by atoms with Crippen molar-refractivity contribution in [1.82, 2.24) is 4.98 Å². The Morgan fingerprint density at radius 1 is 1.25 bits per heavy atom. The number of rotatable bonds is 3. The Balaban J connectivity index is 2.28. The van der Waals surface area contributed by atoms with Crippen molar-refractivity contribution in [3.8, 4) is 0 Å². The van der Waals surface area contributed by atoms with Crippen LogP contribution in [0.15, 0.2) is 36.7 Å². The highest BCUT2D eigenvalue weighted by molar-refractivity contribution is 6.33. The van der Waals surface area contributed by atoms with Gasteiger partial charge in [0, 0.05) is 18.9 Å². The summed E-state index contributed by atoms with van der Waals surface area (Å²) in [5.74, 6) is 0. The predicted octanol–water partition coefficient (Wildman–Crippen LogP) is 4.67. The lowest BCUT2D eigenvalue weighted by atomic mass is 10.1.